The van der Waals surface area contributed by atoms with Crippen LogP contribution in [0.3, 0.4) is 0 Å². The Hall–Kier alpha value is -3.36. The van der Waals surface area contributed by atoms with Crippen molar-refractivity contribution in [1.29, 1.82) is 0 Å². The molecule has 0 bridgehead atoms. The lowest BCUT2D eigenvalue weighted by Crippen LogP contribution is -2.35. The largest absolute Gasteiger partial charge is 0.508 e. The van der Waals surface area contributed by atoms with Crippen LogP contribution in [0.5, 0.6) is 17.2 Å². The molecule has 0 aromatic heterocycles. The summed E-state index contributed by atoms with van der Waals surface area (Å²) < 4.78 is 49.5. The van der Waals surface area contributed by atoms with Gasteiger partial charge in [0.1, 0.15) is 30.0 Å². The summed E-state index contributed by atoms with van der Waals surface area (Å²) in [6.07, 6.45) is 1.64. The summed E-state index contributed by atoms with van der Waals surface area (Å²) in [6.45, 7) is 6.02. The Kier molecular flexibility index (Phi) is 7.69. The van der Waals surface area contributed by atoms with E-state index in [9.17, 15) is 17.9 Å². The lowest BCUT2D eigenvalue weighted by molar-refractivity contribution is 0.165. The van der Waals surface area contributed by atoms with Gasteiger partial charge >= 0.3 is 0 Å². The fourth-order valence-corrected chi connectivity index (χ4v) is 6.01. The molecule has 3 atom stereocenters. The second-order valence-electron chi connectivity index (χ2n) is 10.5. The first-order chi connectivity index (χ1) is 18.6. The molecule has 0 radical (unpaired) electrons. The highest BCUT2D eigenvalue weighted by atomic mass is 32.2. The summed E-state index contributed by atoms with van der Waals surface area (Å²) in [5.74, 6) is 1.68. The zero-order chi connectivity index (χ0) is 27.7. The number of likely N-dealkylation sites (tertiary alicyclic amines) is 1. The number of ether oxygens (including phenoxy) is 2. The van der Waals surface area contributed by atoms with Gasteiger partial charge in [0, 0.05) is 35.9 Å². The number of allylic oxidation sites excluding steroid dienone is 1. The molecule has 5 rings (SSSR count). The van der Waals surface area contributed by atoms with Crippen molar-refractivity contribution in [2.24, 2.45) is 5.92 Å². The number of phenolic OH excluding ortho intramolecular Hbond substituents is 1. The number of rotatable bonds is 8. The fourth-order valence-electron chi connectivity index (χ4n) is 5.38. The third-order valence-electron chi connectivity index (χ3n) is 7.70. The topological polar surface area (TPSA) is 76.1 Å². The molecule has 2 heterocycles. The predicted octanol–water partition coefficient (Wildman–Crippen LogP) is 5.92. The van der Waals surface area contributed by atoms with Crippen molar-refractivity contribution >= 4 is 21.0 Å². The number of alkyl halides is 1. The van der Waals surface area contributed by atoms with Crippen LogP contribution in [0.15, 0.2) is 71.6 Å². The van der Waals surface area contributed by atoms with Crippen LogP contribution in [0.1, 0.15) is 43.1 Å². The van der Waals surface area contributed by atoms with E-state index < -0.39 is 15.9 Å². The minimum absolute atomic E-state index is 0.129. The van der Waals surface area contributed by atoms with Gasteiger partial charge in [-0.3, -0.25) is 9.29 Å². The van der Waals surface area contributed by atoms with E-state index in [1.54, 1.807) is 42.5 Å². The fraction of sp³-hybridized carbons (Fsp3) is 0.355. The monoisotopic (exact) mass is 551 g/mol. The van der Waals surface area contributed by atoms with Gasteiger partial charge in [-0.15, -0.1) is 0 Å². The first-order valence-corrected chi connectivity index (χ1v) is 15.1. The van der Waals surface area contributed by atoms with E-state index in [4.69, 9.17) is 9.47 Å². The molecule has 6 nitrogen and oxygen atoms in total. The number of fused-ring (bicyclic) bond motifs is 1. The van der Waals surface area contributed by atoms with Gasteiger partial charge < -0.3 is 14.6 Å². The van der Waals surface area contributed by atoms with Crippen LogP contribution < -0.4 is 9.47 Å². The van der Waals surface area contributed by atoms with Crippen LogP contribution in [0.4, 0.5) is 4.39 Å². The second kappa shape index (κ2) is 11.0. The number of hydrogen-bond acceptors (Lipinski definition) is 6. The molecule has 3 aromatic rings. The maximum absolute atomic E-state index is 13.0. The maximum atomic E-state index is 13.0. The standard InChI is InChI=1S/C31H34FNO5S/c1-20(33-15-14-22(17-32)18-33)19-37-26-9-4-24(5-10-26)31-30(23-6-11-27(12-7-23)39(3,35)36)21(2)28-16-25(34)8-13-29(28)38-31/h4-13,16,20,22,31,34H,14-15,17-19H2,1-3H3. The van der Waals surface area contributed by atoms with Crippen molar-refractivity contribution in [2.45, 2.75) is 37.3 Å². The van der Waals surface area contributed by atoms with E-state index in [1.165, 1.54) is 6.26 Å². The van der Waals surface area contributed by atoms with Crippen LogP contribution in [-0.2, 0) is 9.84 Å². The van der Waals surface area contributed by atoms with Crippen molar-refractivity contribution < 1.29 is 27.4 Å². The van der Waals surface area contributed by atoms with Crippen LogP contribution in [0.2, 0.25) is 0 Å². The number of sulfone groups is 1. The smallest absolute Gasteiger partial charge is 0.175 e. The molecule has 1 N–H and O–H groups in total. The Morgan fingerprint density at radius 2 is 1.82 bits per heavy atom. The van der Waals surface area contributed by atoms with Gasteiger partial charge in [0.25, 0.3) is 0 Å². The molecule has 0 spiro atoms. The van der Waals surface area contributed by atoms with Crippen molar-refractivity contribution in [2.75, 3.05) is 32.6 Å². The zero-order valence-corrected chi connectivity index (χ0v) is 23.2. The number of halogens is 1. The molecule has 1 fully saturated rings. The van der Waals surface area contributed by atoms with Crippen LogP contribution in [0.25, 0.3) is 11.1 Å². The third-order valence-corrected chi connectivity index (χ3v) is 8.83. The number of benzene rings is 3. The summed E-state index contributed by atoms with van der Waals surface area (Å²) in [5, 5.41) is 10.1. The zero-order valence-electron chi connectivity index (χ0n) is 22.4. The average molecular weight is 552 g/mol. The van der Waals surface area contributed by atoms with Gasteiger partial charge in [0.05, 0.1) is 11.6 Å². The van der Waals surface area contributed by atoms with Crippen molar-refractivity contribution in [1.82, 2.24) is 4.90 Å². The van der Waals surface area contributed by atoms with E-state index in [0.717, 1.165) is 53.1 Å². The van der Waals surface area contributed by atoms with Crippen LogP contribution in [-0.4, -0.2) is 57.1 Å². The van der Waals surface area contributed by atoms with Crippen LogP contribution in [0, 0.1) is 5.92 Å². The third kappa shape index (κ3) is 5.82. The maximum Gasteiger partial charge on any atom is 0.175 e. The lowest BCUT2D eigenvalue weighted by atomic mass is 9.86. The van der Waals surface area contributed by atoms with Gasteiger partial charge in [-0.05, 0) is 86.0 Å². The molecule has 0 amide bonds. The van der Waals surface area contributed by atoms with Gasteiger partial charge in [-0.25, -0.2) is 8.42 Å². The molecular formula is C31H34FNO5S. The molecule has 206 valence electrons. The quantitative estimate of drug-likeness (QED) is 0.375. The Bertz CT molecular complexity index is 1470. The molecule has 0 saturated carbocycles. The predicted molar refractivity (Wildman–Crippen MR) is 151 cm³/mol. The lowest BCUT2D eigenvalue weighted by Gasteiger charge is -2.31. The van der Waals surface area contributed by atoms with Gasteiger partial charge in [0.2, 0.25) is 0 Å². The molecule has 2 aliphatic rings. The Morgan fingerprint density at radius 3 is 2.46 bits per heavy atom. The number of nitrogens with zero attached hydrogens (tertiary/aromatic N) is 1. The van der Waals surface area contributed by atoms with E-state index in [1.807, 2.05) is 31.2 Å². The van der Waals surface area contributed by atoms with Crippen molar-refractivity contribution in [3.05, 3.63) is 83.4 Å². The summed E-state index contributed by atoms with van der Waals surface area (Å²) >= 11 is 0. The number of hydrogen-bond donors (Lipinski definition) is 1. The first-order valence-electron chi connectivity index (χ1n) is 13.2. The van der Waals surface area contributed by atoms with Gasteiger partial charge in [0.15, 0.2) is 9.84 Å². The highest BCUT2D eigenvalue weighted by Crippen LogP contribution is 2.47. The highest BCUT2D eigenvalue weighted by molar-refractivity contribution is 7.90. The van der Waals surface area contributed by atoms with Gasteiger partial charge in [-0.2, -0.15) is 0 Å². The minimum atomic E-state index is -3.32. The molecular weight excluding hydrogens is 517 g/mol. The Morgan fingerprint density at radius 1 is 1.10 bits per heavy atom. The molecule has 1 saturated heterocycles. The highest BCUT2D eigenvalue weighted by Gasteiger charge is 2.30. The number of phenols is 1. The van der Waals surface area contributed by atoms with Crippen molar-refractivity contribution in [3.63, 3.8) is 0 Å². The van der Waals surface area contributed by atoms with E-state index >= 15 is 0 Å². The molecule has 3 unspecified atom stereocenters. The molecule has 2 aliphatic heterocycles. The van der Waals surface area contributed by atoms with Gasteiger partial charge in [-0.1, -0.05) is 24.3 Å². The minimum Gasteiger partial charge on any atom is -0.508 e. The van der Waals surface area contributed by atoms with Crippen LogP contribution >= 0.6 is 0 Å². The SMILES string of the molecule is CC1=C(c2ccc(S(C)(=O)=O)cc2)C(c2ccc(OCC(C)N3CCC(CF)C3)cc2)Oc2ccc(O)cc21. The second-order valence-corrected chi connectivity index (χ2v) is 12.6. The van der Waals surface area contributed by atoms with Crippen molar-refractivity contribution in [3.8, 4) is 17.2 Å². The normalized spacial score (nSPS) is 20.4. The first kappa shape index (κ1) is 27.2. The molecule has 39 heavy (non-hydrogen) atoms. The molecule has 0 aliphatic carbocycles. The summed E-state index contributed by atoms with van der Waals surface area (Å²) in [7, 11) is -3.32. The summed E-state index contributed by atoms with van der Waals surface area (Å²) in [4.78, 5) is 2.53. The average Bonchev–Trinajstić information content (AvgIpc) is 3.42. The summed E-state index contributed by atoms with van der Waals surface area (Å²) in [6, 6.07) is 19.8. The molecule has 3 aromatic carbocycles. The van der Waals surface area contributed by atoms with E-state index in [0.29, 0.717) is 12.4 Å². The van der Waals surface area contributed by atoms with E-state index in [-0.39, 0.29) is 29.3 Å². The Balaban J connectivity index is 1.40. The molecule has 8 heteroatoms. The van der Waals surface area contributed by atoms with E-state index in [2.05, 4.69) is 11.8 Å². The Labute approximate surface area is 229 Å². The summed E-state index contributed by atoms with van der Waals surface area (Å²) in [5.41, 5.74) is 4.38. The number of aromatic hydroxyl groups is 1.